The molecule has 126 valence electrons. The molecule has 0 radical (unpaired) electrons. The maximum atomic E-state index is 12.0. The van der Waals surface area contributed by atoms with Crippen LogP contribution in [-0.2, 0) is 9.59 Å². The van der Waals surface area contributed by atoms with Gasteiger partial charge in [-0.05, 0) is 42.5 Å². The highest BCUT2D eigenvalue weighted by atomic mass is 35.5. The zero-order chi connectivity index (χ0) is 17.5. The molecule has 3 N–H and O–H groups in total. The van der Waals surface area contributed by atoms with Crippen LogP contribution in [0.2, 0.25) is 10.0 Å². The second-order valence-electron chi connectivity index (χ2n) is 5.04. The third kappa shape index (κ3) is 5.76. The highest BCUT2D eigenvalue weighted by molar-refractivity contribution is 6.35. The number of halogens is 2. The van der Waals surface area contributed by atoms with E-state index in [0.717, 1.165) is 0 Å². The van der Waals surface area contributed by atoms with E-state index in [-0.39, 0.29) is 18.4 Å². The summed E-state index contributed by atoms with van der Waals surface area (Å²) >= 11 is 11.8. The van der Waals surface area contributed by atoms with Gasteiger partial charge in [-0.25, -0.2) is 0 Å². The summed E-state index contributed by atoms with van der Waals surface area (Å²) in [6.45, 7) is 1.86. The number of amides is 2. The molecule has 2 amide bonds. The number of hydrogen-bond donors (Lipinski definition) is 3. The fourth-order valence-corrected chi connectivity index (χ4v) is 2.46. The second kappa shape index (κ2) is 8.57. The van der Waals surface area contributed by atoms with Crippen LogP contribution in [0.1, 0.15) is 13.3 Å². The molecule has 2 aromatic rings. The molecule has 0 saturated carbocycles. The average molecular weight is 366 g/mol. The molecule has 0 aliphatic heterocycles. The van der Waals surface area contributed by atoms with Crippen LogP contribution in [0.25, 0.3) is 0 Å². The van der Waals surface area contributed by atoms with E-state index in [9.17, 15) is 9.59 Å². The fraction of sp³-hybridized carbons (Fsp3) is 0.176. The molecule has 0 saturated heterocycles. The van der Waals surface area contributed by atoms with Gasteiger partial charge in [0, 0.05) is 33.5 Å². The van der Waals surface area contributed by atoms with E-state index < -0.39 is 0 Å². The molecular weight excluding hydrogens is 349 g/mol. The number of hydrogen-bond acceptors (Lipinski definition) is 3. The lowest BCUT2D eigenvalue weighted by atomic mass is 10.2. The Bertz CT molecular complexity index is 713. The van der Waals surface area contributed by atoms with Gasteiger partial charge in [0.05, 0.1) is 6.54 Å². The lowest BCUT2D eigenvalue weighted by Gasteiger charge is -2.09. The molecule has 7 heteroatoms. The predicted molar refractivity (Wildman–Crippen MR) is 98.9 cm³/mol. The van der Waals surface area contributed by atoms with Gasteiger partial charge >= 0.3 is 0 Å². The Morgan fingerprint density at radius 2 is 1.33 bits per heavy atom. The summed E-state index contributed by atoms with van der Waals surface area (Å²) in [5.41, 5.74) is 1.99. The molecule has 24 heavy (non-hydrogen) atoms. The Hall–Kier alpha value is -2.24. The SMILES string of the molecule is CCC(=O)Nc1ccc(NC(=O)CNc2cc(Cl)cc(Cl)c2)cc1. The van der Waals surface area contributed by atoms with Crippen molar-refractivity contribution in [3.05, 3.63) is 52.5 Å². The topological polar surface area (TPSA) is 70.2 Å². The molecule has 0 aromatic heterocycles. The Morgan fingerprint density at radius 3 is 1.83 bits per heavy atom. The van der Waals surface area contributed by atoms with Crippen molar-refractivity contribution in [2.75, 3.05) is 22.5 Å². The molecule has 0 fully saturated rings. The minimum Gasteiger partial charge on any atom is -0.376 e. The number of anilines is 3. The first-order valence-electron chi connectivity index (χ1n) is 7.36. The van der Waals surface area contributed by atoms with Crippen molar-refractivity contribution >= 4 is 52.1 Å². The van der Waals surface area contributed by atoms with E-state index in [2.05, 4.69) is 16.0 Å². The van der Waals surface area contributed by atoms with Crippen LogP contribution in [0.4, 0.5) is 17.1 Å². The molecule has 2 aromatic carbocycles. The minimum absolute atomic E-state index is 0.0591. The largest absolute Gasteiger partial charge is 0.376 e. The zero-order valence-electron chi connectivity index (χ0n) is 13.0. The normalized spacial score (nSPS) is 10.1. The summed E-state index contributed by atoms with van der Waals surface area (Å²) < 4.78 is 0. The van der Waals surface area contributed by atoms with E-state index in [4.69, 9.17) is 23.2 Å². The molecule has 0 unspecified atom stereocenters. The molecule has 2 rings (SSSR count). The number of nitrogens with one attached hydrogen (secondary N) is 3. The van der Waals surface area contributed by atoms with Crippen LogP contribution in [0.5, 0.6) is 0 Å². The zero-order valence-corrected chi connectivity index (χ0v) is 14.5. The fourth-order valence-electron chi connectivity index (χ4n) is 1.93. The van der Waals surface area contributed by atoms with Gasteiger partial charge < -0.3 is 16.0 Å². The summed E-state index contributed by atoms with van der Waals surface area (Å²) in [5, 5.41) is 9.44. The highest BCUT2D eigenvalue weighted by Gasteiger charge is 2.05. The van der Waals surface area contributed by atoms with Crippen LogP contribution in [-0.4, -0.2) is 18.4 Å². The van der Waals surface area contributed by atoms with Crippen LogP contribution in [0, 0.1) is 0 Å². The van der Waals surface area contributed by atoms with Crippen molar-refractivity contribution < 1.29 is 9.59 Å². The Kier molecular flexibility index (Phi) is 6.46. The van der Waals surface area contributed by atoms with Crippen molar-refractivity contribution in [1.29, 1.82) is 0 Å². The van der Waals surface area contributed by atoms with Gasteiger partial charge in [0.15, 0.2) is 0 Å². The standard InChI is InChI=1S/C17H17Cl2N3O2/c1-2-16(23)21-13-3-5-14(6-4-13)22-17(24)10-20-15-8-11(18)7-12(19)9-15/h3-9,20H,2,10H2,1H3,(H,21,23)(H,22,24). The smallest absolute Gasteiger partial charge is 0.243 e. The number of carbonyl (C=O) groups is 2. The summed E-state index contributed by atoms with van der Waals surface area (Å²) in [6, 6.07) is 11.9. The van der Waals surface area contributed by atoms with Crippen molar-refractivity contribution in [3.63, 3.8) is 0 Å². The van der Waals surface area contributed by atoms with Crippen molar-refractivity contribution in [3.8, 4) is 0 Å². The molecule has 0 bridgehead atoms. The van der Waals surface area contributed by atoms with Crippen molar-refractivity contribution in [2.24, 2.45) is 0 Å². The predicted octanol–water partition coefficient (Wildman–Crippen LogP) is 4.39. The van der Waals surface area contributed by atoms with Gasteiger partial charge in [-0.2, -0.15) is 0 Å². The maximum absolute atomic E-state index is 12.0. The minimum atomic E-state index is -0.212. The molecule has 0 aliphatic carbocycles. The first-order valence-corrected chi connectivity index (χ1v) is 8.11. The van der Waals surface area contributed by atoms with Crippen LogP contribution in [0.3, 0.4) is 0 Å². The summed E-state index contributed by atoms with van der Waals surface area (Å²) in [6.07, 6.45) is 0.414. The van der Waals surface area contributed by atoms with Gasteiger partial charge in [-0.1, -0.05) is 30.1 Å². The van der Waals surface area contributed by atoms with E-state index in [0.29, 0.717) is 33.5 Å². The van der Waals surface area contributed by atoms with Crippen LogP contribution < -0.4 is 16.0 Å². The third-order valence-corrected chi connectivity index (χ3v) is 3.53. The maximum Gasteiger partial charge on any atom is 0.243 e. The van der Waals surface area contributed by atoms with Crippen LogP contribution >= 0.6 is 23.2 Å². The van der Waals surface area contributed by atoms with E-state index in [1.165, 1.54) is 0 Å². The Balaban J connectivity index is 1.86. The summed E-state index contributed by atoms with van der Waals surface area (Å²) in [4.78, 5) is 23.3. The third-order valence-electron chi connectivity index (χ3n) is 3.09. The van der Waals surface area contributed by atoms with Gasteiger partial charge in [-0.15, -0.1) is 0 Å². The monoisotopic (exact) mass is 365 g/mol. The second-order valence-corrected chi connectivity index (χ2v) is 5.91. The summed E-state index contributed by atoms with van der Waals surface area (Å²) in [5.74, 6) is -0.271. The number of carbonyl (C=O) groups excluding carboxylic acids is 2. The molecule has 0 atom stereocenters. The van der Waals surface area contributed by atoms with Gasteiger partial charge in [0.1, 0.15) is 0 Å². The van der Waals surface area contributed by atoms with E-state index >= 15 is 0 Å². The molecule has 0 heterocycles. The molecule has 5 nitrogen and oxygen atoms in total. The quantitative estimate of drug-likeness (QED) is 0.710. The molecule has 0 aliphatic rings. The lowest BCUT2D eigenvalue weighted by Crippen LogP contribution is -2.21. The van der Waals surface area contributed by atoms with Crippen molar-refractivity contribution in [1.82, 2.24) is 0 Å². The first-order chi connectivity index (χ1) is 11.5. The van der Waals surface area contributed by atoms with Gasteiger partial charge in [-0.3, -0.25) is 9.59 Å². The highest BCUT2D eigenvalue weighted by Crippen LogP contribution is 2.22. The number of rotatable bonds is 6. The summed E-state index contributed by atoms with van der Waals surface area (Å²) in [7, 11) is 0. The van der Waals surface area contributed by atoms with Gasteiger partial charge in [0.2, 0.25) is 11.8 Å². The average Bonchev–Trinajstić information content (AvgIpc) is 2.54. The Morgan fingerprint density at radius 1 is 0.833 bits per heavy atom. The van der Waals surface area contributed by atoms with Gasteiger partial charge in [0.25, 0.3) is 0 Å². The van der Waals surface area contributed by atoms with Crippen LogP contribution in [0.15, 0.2) is 42.5 Å². The van der Waals surface area contributed by atoms with E-state index in [1.54, 1.807) is 49.4 Å². The molecule has 0 spiro atoms. The number of benzene rings is 2. The van der Waals surface area contributed by atoms with E-state index in [1.807, 2.05) is 0 Å². The lowest BCUT2D eigenvalue weighted by molar-refractivity contribution is -0.116. The Labute approximate surface area is 150 Å². The molecular formula is C17H17Cl2N3O2. The van der Waals surface area contributed by atoms with Crippen molar-refractivity contribution in [2.45, 2.75) is 13.3 Å². The first kappa shape index (κ1) is 18.1.